The third-order valence-electron chi connectivity index (χ3n) is 1.92. The molecule has 72 valence electrons. The Hall–Kier alpha value is 0.260. The van der Waals surface area contributed by atoms with E-state index in [1.807, 2.05) is 0 Å². The molecule has 12 heavy (non-hydrogen) atoms. The van der Waals surface area contributed by atoms with Crippen molar-refractivity contribution in [2.75, 3.05) is 8.86 Å². The van der Waals surface area contributed by atoms with E-state index in [0.717, 1.165) is 14.4 Å². The molecule has 0 spiro atoms. The van der Waals surface area contributed by atoms with Gasteiger partial charge < -0.3 is 0 Å². The molecule has 1 heterocycles. The van der Waals surface area contributed by atoms with Crippen LogP contribution in [0.5, 0.6) is 0 Å². The van der Waals surface area contributed by atoms with Crippen LogP contribution >= 0.6 is 0 Å². The van der Waals surface area contributed by atoms with E-state index in [0.29, 0.717) is 0 Å². The van der Waals surface area contributed by atoms with Gasteiger partial charge >= 0.3 is 80.3 Å². The van der Waals surface area contributed by atoms with Gasteiger partial charge in [0.1, 0.15) is 0 Å². The van der Waals surface area contributed by atoms with E-state index in [9.17, 15) is 13.2 Å². The van der Waals surface area contributed by atoms with E-state index >= 15 is 0 Å². The van der Waals surface area contributed by atoms with Crippen LogP contribution in [0, 0.1) is 5.92 Å². The van der Waals surface area contributed by atoms with Crippen LogP contribution in [0.25, 0.3) is 0 Å². The number of hydrogen-bond donors (Lipinski definition) is 0. The molecule has 4 heteroatoms. The topological polar surface area (TPSA) is 0 Å². The molecule has 1 aliphatic rings. The van der Waals surface area contributed by atoms with Crippen molar-refractivity contribution in [1.82, 2.24) is 0 Å². The van der Waals surface area contributed by atoms with Gasteiger partial charge in [-0.05, 0) is 0 Å². The summed E-state index contributed by atoms with van der Waals surface area (Å²) in [6.45, 7) is 3.80. The van der Waals surface area contributed by atoms with Crippen molar-refractivity contribution in [3.05, 3.63) is 12.2 Å². The Morgan fingerprint density at radius 3 is 2.58 bits per heavy atom. The molecule has 0 saturated carbocycles. The number of halogens is 4. The molecule has 1 aliphatic heterocycles. The van der Waals surface area contributed by atoms with Crippen molar-refractivity contribution in [3.63, 3.8) is 0 Å². The maximum atomic E-state index is 11.8. The van der Waals surface area contributed by atoms with E-state index < -0.39 is 12.6 Å². The predicted molar refractivity (Wildman–Crippen MR) is 37.7 cm³/mol. The standard InChI is InChI=1S/C8H11F3I/c1-6-4-12-5-7(6)2-3-8(9,10)11/h7H,1-5H2/q-1. The van der Waals surface area contributed by atoms with Gasteiger partial charge in [0.05, 0.1) is 0 Å². The molecule has 1 atom stereocenters. The summed E-state index contributed by atoms with van der Waals surface area (Å²) in [4.78, 5) is 0. The molecule has 0 aromatic rings. The van der Waals surface area contributed by atoms with Crippen LogP contribution in [0.2, 0.25) is 0 Å². The molecule has 1 fully saturated rings. The van der Waals surface area contributed by atoms with Gasteiger partial charge in [-0.25, -0.2) is 0 Å². The average Bonchev–Trinajstić information content (AvgIpc) is 2.29. The van der Waals surface area contributed by atoms with E-state index in [-0.39, 0.29) is 33.5 Å². The summed E-state index contributed by atoms with van der Waals surface area (Å²) >= 11 is 0.146. The van der Waals surface area contributed by atoms with E-state index in [4.69, 9.17) is 0 Å². The third kappa shape index (κ3) is 3.33. The molecule has 0 bridgehead atoms. The fourth-order valence-electron chi connectivity index (χ4n) is 1.15. The Balaban J connectivity index is 2.27. The van der Waals surface area contributed by atoms with Crippen molar-refractivity contribution >= 4 is 0 Å². The molecular formula is C8H11F3I-. The summed E-state index contributed by atoms with van der Waals surface area (Å²) in [5, 5.41) is 0. The Kier molecular flexibility index (Phi) is 3.43. The summed E-state index contributed by atoms with van der Waals surface area (Å²) in [7, 11) is 0. The van der Waals surface area contributed by atoms with Crippen molar-refractivity contribution in [2.45, 2.75) is 19.0 Å². The van der Waals surface area contributed by atoms with E-state index in [2.05, 4.69) is 6.58 Å². The first-order valence-electron chi connectivity index (χ1n) is 3.77. The van der Waals surface area contributed by atoms with Gasteiger partial charge in [0.2, 0.25) is 0 Å². The summed E-state index contributed by atoms with van der Waals surface area (Å²) in [5.41, 5.74) is 1.06. The van der Waals surface area contributed by atoms with Gasteiger partial charge in [-0.1, -0.05) is 0 Å². The second kappa shape index (κ2) is 3.98. The second-order valence-corrected chi connectivity index (χ2v) is 5.71. The first kappa shape index (κ1) is 10.3. The molecule has 0 radical (unpaired) electrons. The third-order valence-corrected chi connectivity index (χ3v) is 5.12. The Morgan fingerprint density at radius 1 is 1.50 bits per heavy atom. The van der Waals surface area contributed by atoms with Crippen LogP contribution in [0.3, 0.4) is 0 Å². The van der Waals surface area contributed by atoms with Crippen molar-refractivity contribution in [2.24, 2.45) is 5.92 Å². The zero-order valence-corrected chi connectivity index (χ0v) is 8.78. The maximum absolute atomic E-state index is 11.8. The molecule has 0 nitrogen and oxygen atoms in total. The normalized spacial score (nSPS) is 25.6. The van der Waals surface area contributed by atoms with Crippen molar-refractivity contribution in [3.8, 4) is 0 Å². The average molecular weight is 291 g/mol. The summed E-state index contributed by atoms with van der Waals surface area (Å²) in [6, 6.07) is 0. The van der Waals surface area contributed by atoms with Crippen LogP contribution < -0.4 is 21.2 Å². The van der Waals surface area contributed by atoms with Crippen molar-refractivity contribution in [1.29, 1.82) is 0 Å². The minimum atomic E-state index is -3.98. The quantitative estimate of drug-likeness (QED) is 0.369. The zero-order chi connectivity index (χ0) is 9.19. The van der Waals surface area contributed by atoms with Gasteiger partial charge in [0.15, 0.2) is 0 Å². The van der Waals surface area contributed by atoms with Gasteiger partial charge in [-0.3, -0.25) is 0 Å². The number of hydrogen-bond acceptors (Lipinski definition) is 0. The monoisotopic (exact) mass is 291 g/mol. The Labute approximate surface area is 80.5 Å². The zero-order valence-electron chi connectivity index (χ0n) is 6.62. The molecule has 0 aromatic heterocycles. The number of rotatable bonds is 2. The molecule has 1 saturated heterocycles. The first-order valence-corrected chi connectivity index (χ1v) is 6.82. The molecule has 0 aliphatic carbocycles. The van der Waals surface area contributed by atoms with Gasteiger partial charge in [-0.15, -0.1) is 0 Å². The molecule has 0 aromatic carbocycles. The number of allylic oxidation sites excluding steroid dienone is 1. The van der Waals surface area contributed by atoms with Crippen LogP contribution in [-0.2, 0) is 0 Å². The SMILES string of the molecule is C=C1C[I-]CC1CCC(F)(F)F. The molecule has 1 unspecified atom stereocenters. The van der Waals surface area contributed by atoms with Crippen LogP contribution in [0.15, 0.2) is 12.2 Å². The second-order valence-electron chi connectivity index (χ2n) is 2.99. The van der Waals surface area contributed by atoms with Crippen LogP contribution in [-0.4, -0.2) is 15.0 Å². The summed E-state index contributed by atoms with van der Waals surface area (Å²) in [5.74, 6) is 0.180. The fourth-order valence-corrected chi connectivity index (χ4v) is 4.59. The van der Waals surface area contributed by atoms with Gasteiger partial charge in [-0.2, -0.15) is 0 Å². The van der Waals surface area contributed by atoms with Gasteiger partial charge in [0.25, 0.3) is 0 Å². The molecule has 1 rings (SSSR count). The molecule has 0 amide bonds. The van der Waals surface area contributed by atoms with E-state index in [1.54, 1.807) is 0 Å². The molecule has 0 N–H and O–H groups in total. The van der Waals surface area contributed by atoms with E-state index in [1.165, 1.54) is 0 Å². The first-order chi connectivity index (χ1) is 5.49. The Bertz CT molecular complexity index is 174. The minimum absolute atomic E-state index is 0.146. The van der Waals surface area contributed by atoms with Crippen LogP contribution in [0.4, 0.5) is 13.2 Å². The molecular weight excluding hydrogens is 280 g/mol. The van der Waals surface area contributed by atoms with Gasteiger partial charge in [0, 0.05) is 0 Å². The van der Waals surface area contributed by atoms with Crippen LogP contribution in [0.1, 0.15) is 12.8 Å². The number of alkyl halides is 5. The predicted octanol–water partition coefficient (Wildman–Crippen LogP) is -0.396. The van der Waals surface area contributed by atoms with Crippen molar-refractivity contribution < 1.29 is 34.4 Å². The fraction of sp³-hybridized carbons (Fsp3) is 0.750. The summed E-state index contributed by atoms with van der Waals surface area (Å²) in [6.07, 6.45) is -4.36. The summed E-state index contributed by atoms with van der Waals surface area (Å²) < 4.78 is 37.5. The Morgan fingerprint density at radius 2 is 2.17 bits per heavy atom.